The third kappa shape index (κ3) is 4.58. The van der Waals surface area contributed by atoms with E-state index in [0.717, 1.165) is 37.1 Å². The fraction of sp³-hybridized carbons (Fsp3) is 0.389. The van der Waals surface area contributed by atoms with Crippen molar-refractivity contribution in [2.45, 2.75) is 19.4 Å². The standard InChI is InChI=1S/C18H19ClN4O3S/c19-15-4-3-13(27-15)12-22-7-9-23(10-8-22)17(24)6-5-16-20-18(21-26-16)14-2-1-11-25-14/h1-4,11H,5-10,12H2. The number of hydrogen-bond donors (Lipinski definition) is 0. The zero-order chi connectivity index (χ0) is 18.6. The highest BCUT2D eigenvalue weighted by molar-refractivity contribution is 7.16. The number of piperazine rings is 1. The smallest absolute Gasteiger partial charge is 0.238 e. The van der Waals surface area contributed by atoms with Gasteiger partial charge in [0.1, 0.15) is 0 Å². The van der Waals surface area contributed by atoms with E-state index in [1.807, 2.05) is 11.0 Å². The molecule has 3 aromatic heterocycles. The highest BCUT2D eigenvalue weighted by atomic mass is 35.5. The molecule has 3 aromatic rings. The number of rotatable bonds is 6. The van der Waals surface area contributed by atoms with Crippen LogP contribution in [0.5, 0.6) is 0 Å². The van der Waals surface area contributed by atoms with Crippen molar-refractivity contribution in [1.29, 1.82) is 0 Å². The summed E-state index contributed by atoms with van der Waals surface area (Å²) in [7, 11) is 0. The first-order valence-corrected chi connectivity index (χ1v) is 9.97. The quantitative estimate of drug-likeness (QED) is 0.625. The van der Waals surface area contributed by atoms with Gasteiger partial charge in [0.05, 0.1) is 10.6 Å². The molecule has 4 rings (SSSR count). The van der Waals surface area contributed by atoms with Crippen LogP contribution < -0.4 is 0 Å². The lowest BCUT2D eigenvalue weighted by Gasteiger charge is -2.34. The second-order valence-corrected chi connectivity index (χ2v) is 8.15. The van der Waals surface area contributed by atoms with Crippen molar-refractivity contribution in [1.82, 2.24) is 19.9 Å². The van der Waals surface area contributed by atoms with Gasteiger partial charge in [-0.25, -0.2) is 0 Å². The molecule has 1 fully saturated rings. The first kappa shape index (κ1) is 18.2. The summed E-state index contributed by atoms with van der Waals surface area (Å²) in [5.41, 5.74) is 0. The highest BCUT2D eigenvalue weighted by Gasteiger charge is 2.22. The molecule has 9 heteroatoms. The fourth-order valence-electron chi connectivity index (χ4n) is 3.05. The van der Waals surface area contributed by atoms with E-state index in [0.29, 0.717) is 30.3 Å². The van der Waals surface area contributed by atoms with Gasteiger partial charge in [0.25, 0.3) is 0 Å². The van der Waals surface area contributed by atoms with Crippen LogP contribution in [0, 0.1) is 0 Å². The van der Waals surface area contributed by atoms with Crippen LogP contribution in [-0.2, 0) is 17.8 Å². The van der Waals surface area contributed by atoms with Crippen molar-refractivity contribution in [3.05, 3.63) is 45.6 Å². The molecule has 0 spiro atoms. The van der Waals surface area contributed by atoms with Crippen LogP contribution in [0.4, 0.5) is 0 Å². The summed E-state index contributed by atoms with van der Waals surface area (Å²) in [6.45, 7) is 4.09. The predicted molar refractivity (Wildman–Crippen MR) is 102 cm³/mol. The zero-order valence-corrected chi connectivity index (χ0v) is 16.2. The number of halogens is 1. The molecule has 1 aliphatic rings. The maximum absolute atomic E-state index is 12.5. The van der Waals surface area contributed by atoms with E-state index in [1.165, 1.54) is 4.88 Å². The molecule has 0 unspecified atom stereocenters. The normalized spacial score (nSPS) is 15.4. The van der Waals surface area contributed by atoms with Crippen molar-refractivity contribution < 1.29 is 13.7 Å². The predicted octanol–water partition coefficient (Wildman–Crippen LogP) is 3.32. The number of carbonyl (C=O) groups is 1. The van der Waals surface area contributed by atoms with Crippen LogP contribution in [-0.4, -0.2) is 52.0 Å². The number of hydrogen-bond acceptors (Lipinski definition) is 7. The molecule has 0 aliphatic carbocycles. The number of amides is 1. The summed E-state index contributed by atoms with van der Waals surface area (Å²) in [6.07, 6.45) is 2.35. The van der Waals surface area contributed by atoms with E-state index < -0.39 is 0 Å². The van der Waals surface area contributed by atoms with Crippen LogP contribution in [0.2, 0.25) is 4.34 Å². The Morgan fingerprint density at radius 1 is 1.22 bits per heavy atom. The summed E-state index contributed by atoms with van der Waals surface area (Å²) in [5.74, 6) is 1.53. The third-order valence-electron chi connectivity index (χ3n) is 4.50. The third-order valence-corrected chi connectivity index (χ3v) is 5.71. The minimum atomic E-state index is 0.117. The molecule has 1 aliphatic heterocycles. The largest absolute Gasteiger partial charge is 0.461 e. The van der Waals surface area contributed by atoms with Crippen molar-refractivity contribution in [3.8, 4) is 11.6 Å². The van der Waals surface area contributed by atoms with E-state index in [2.05, 4.69) is 21.1 Å². The van der Waals surface area contributed by atoms with Gasteiger partial charge in [-0.1, -0.05) is 16.8 Å². The van der Waals surface area contributed by atoms with Crippen molar-refractivity contribution >= 4 is 28.8 Å². The molecule has 0 atom stereocenters. The summed E-state index contributed by atoms with van der Waals surface area (Å²) < 4.78 is 11.3. The number of furan rings is 1. The Bertz CT molecular complexity index is 884. The van der Waals surface area contributed by atoms with E-state index in [1.54, 1.807) is 29.7 Å². The highest BCUT2D eigenvalue weighted by Crippen LogP contribution is 2.23. The molecule has 27 heavy (non-hydrogen) atoms. The van der Waals surface area contributed by atoms with Gasteiger partial charge in [-0.2, -0.15) is 4.98 Å². The molecule has 1 saturated heterocycles. The number of nitrogens with zero attached hydrogens (tertiary/aromatic N) is 4. The number of aryl methyl sites for hydroxylation is 1. The molecule has 7 nitrogen and oxygen atoms in total. The molecule has 4 heterocycles. The second-order valence-electron chi connectivity index (χ2n) is 6.35. The van der Waals surface area contributed by atoms with Gasteiger partial charge in [-0.3, -0.25) is 9.69 Å². The Hall–Kier alpha value is -2.16. The number of aromatic nitrogens is 2. The average Bonchev–Trinajstić information content (AvgIpc) is 3.42. The number of carbonyl (C=O) groups excluding carboxylic acids is 1. The Morgan fingerprint density at radius 3 is 2.78 bits per heavy atom. The molecular formula is C18H19ClN4O3S. The van der Waals surface area contributed by atoms with Crippen LogP contribution in [0.3, 0.4) is 0 Å². The van der Waals surface area contributed by atoms with Gasteiger partial charge in [-0.15, -0.1) is 11.3 Å². The molecule has 1 amide bonds. The van der Waals surface area contributed by atoms with Crippen LogP contribution in [0.1, 0.15) is 17.2 Å². The molecule has 0 radical (unpaired) electrons. The van der Waals surface area contributed by atoms with Gasteiger partial charge in [-0.05, 0) is 24.3 Å². The minimum absolute atomic E-state index is 0.117. The molecule has 0 N–H and O–H groups in total. The Balaban J connectivity index is 1.23. The Kier molecular flexibility index (Phi) is 5.56. The number of thiophene rings is 1. The molecule has 0 saturated carbocycles. The van der Waals surface area contributed by atoms with E-state index in [4.69, 9.17) is 20.5 Å². The van der Waals surface area contributed by atoms with Crippen molar-refractivity contribution in [3.63, 3.8) is 0 Å². The van der Waals surface area contributed by atoms with Gasteiger partial charge >= 0.3 is 0 Å². The minimum Gasteiger partial charge on any atom is -0.461 e. The summed E-state index contributed by atoms with van der Waals surface area (Å²) >= 11 is 7.59. The lowest BCUT2D eigenvalue weighted by atomic mass is 10.2. The SMILES string of the molecule is O=C(CCc1nc(-c2ccco2)no1)N1CCN(Cc2ccc(Cl)s2)CC1. The second kappa shape index (κ2) is 8.24. The average molecular weight is 407 g/mol. The van der Waals surface area contributed by atoms with E-state index >= 15 is 0 Å². The molecule has 0 aromatic carbocycles. The van der Waals surface area contributed by atoms with Gasteiger partial charge < -0.3 is 13.8 Å². The van der Waals surface area contributed by atoms with Crippen LogP contribution >= 0.6 is 22.9 Å². The van der Waals surface area contributed by atoms with E-state index in [-0.39, 0.29) is 5.91 Å². The van der Waals surface area contributed by atoms with Crippen molar-refractivity contribution in [2.24, 2.45) is 0 Å². The fourth-order valence-corrected chi connectivity index (χ4v) is 4.18. The lowest BCUT2D eigenvalue weighted by Crippen LogP contribution is -2.48. The topological polar surface area (TPSA) is 75.6 Å². The first-order chi connectivity index (χ1) is 13.2. The lowest BCUT2D eigenvalue weighted by molar-refractivity contribution is -0.133. The van der Waals surface area contributed by atoms with Gasteiger partial charge in [0.2, 0.25) is 17.6 Å². The van der Waals surface area contributed by atoms with Gasteiger partial charge in [0.15, 0.2) is 5.76 Å². The zero-order valence-electron chi connectivity index (χ0n) is 14.6. The van der Waals surface area contributed by atoms with Crippen LogP contribution in [0.15, 0.2) is 39.5 Å². The summed E-state index contributed by atoms with van der Waals surface area (Å²) in [6, 6.07) is 7.52. The van der Waals surface area contributed by atoms with E-state index in [9.17, 15) is 4.79 Å². The first-order valence-electron chi connectivity index (χ1n) is 8.78. The molecular weight excluding hydrogens is 388 g/mol. The molecule has 142 valence electrons. The maximum atomic E-state index is 12.5. The summed E-state index contributed by atoms with van der Waals surface area (Å²) in [4.78, 5) is 22.2. The molecule has 0 bridgehead atoms. The van der Waals surface area contributed by atoms with Crippen LogP contribution in [0.25, 0.3) is 11.6 Å². The summed E-state index contributed by atoms with van der Waals surface area (Å²) in [5, 5.41) is 3.88. The Morgan fingerprint density at radius 2 is 2.07 bits per heavy atom. The van der Waals surface area contributed by atoms with Gasteiger partial charge in [0, 0.05) is 50.4 Å². The monoisotopic (exact) mass is 406 g/mol. The maximum Gasteiger partial charge on any atom is 0.238 e. The Labute approximate surface area is 165 Å². The van der Waals surface area contributed by atoms with Crippen molar-refractivity contribution in [2.75, 3.05) is 26.2 Å².